The molecular formula is C17H17BrClNO. The Morgan fingerprint density at radius 2 is 2.14 bits per heavy atom. The second kappa shape index (κ2) is 6.39. The number of rotatable bonds is 3. The van der Waals surface area contributed by atoms with Gasteiger partial charge in [0.2, 0.25) is 0 Å². The highest BCUT2D eigenvalue weighted by Crippen LogP contribution is 2.36. The molecule has 2 nitrogen and oxygen atoms in total. The minimum Gasteiger partial charge on any atom is -0.493 e. The molecule has 4 heteroatoms. The summed E-state index contributed by atoms with van der Waals surface area (Å²) in [5.41, 5.74) is 3.59. The molecule has 1 unspecified atom stereocenters. The Morgan fingerprint density at radius 3 is 2.90 bits per heavy atom. The third-order valence-corrected chi connectivity index (χ3v) is 4.46. The van der Waals surface area contributed by atoms with E-state index in [1.54, 1.807) is 0 Å². The van der Waals surface area contributed by atoms with Gasteiger partial charge in [-0.3, -0.25) is 0 Å². The van der Waals surface area contributed by atoms with Crippen molar-refractivity contribution in [3.8, 4) is 5.75 Å². The van der Waals surface area contributed by atoms with E-state index < -0.39 is 0 Å². The number of aryl methyl sites for hydroxylation is 1. The Hall–Kier alpha value is -1.03. The van der Waals surface area contributed by atoms with E-state index >= 15 is 0 Å². The summed E-state index contributed by atoms with van der Waals surface area (Å²) in [6.07, 6.45) is 2.17. The van der Waals surface area contributed by atoms with Gasteiger partial charge in [0, 0.05) is 15.1 Å². The molecular weight excluding hydrogens is 350 g/mol. The molecule has 0 aliphatic carbocycles. The summed E-state index contributed by atoms with van der Waals surface area (Å²) in [7, 11) is 1.96. The van der Waals surface area contributed by atoms with Crippen molar-refractivity contribution in [3.63, 3.8) is 0 Å². The number of para-hydroxylation sites is 1. The molecule has 1 heterocycles. The van der Waals surface area contributed by atoms with Crippen LogP contribution in [0.4, 0.5) is 0 Å². The predicted molar refractivity (Wildman–Crippen MR) is 90.3 cm³/mol. The molecule has 1 N–H and O–H groups in total. The molecule has 0 spiro atoms. The number of fused-ring (bicyclic) bond motifs is 1. The van der Waals surface area contributed by atoms with Crippen LogP contribution in [0.5, 0.6) is 5.75 Å². The average molecular weight is 367 g/mol. The SMILES string of the molecule is CNC(c1cc(Cl)cc(Br)c1)c1cccc2c1OCCC2. The van der Waals surface area contributed by atoms with E-state index in [1.807, 2.05) is 19.2 Å². The molecule has 2 aromatic carbocycles. The minimum atomic E-state index is 0.0630. The van der Waals surface area contributed by atoms with Crippen molar-refractivity contribution in [2.24, 2.45) is 0 Å². The fourth-order valence-electron chi connectivity index (χ4n) is 2.89. The Labute approximate surface area is 138 Å². The monoisotopic (exact) mass is 365 g/mol. The number of halogens is 2. The minimum absolute atomic E-state index is 0.0630. The average Bonchev–Trinajstić information content (AvgIpc) is 2.47. The van der Waals surface area contributed by atoms with Crippen LogP contribution < -0.4 is 10.1 Å². The maximum Gasteiger partial charge on any atom is 0.127 e. The van der Waals surface area contributed by atoms with E-state index in [1.165, 1.54) is 11.1 Å². The normalized spacial score (nSPS) is 15.2. The molecule has 2 aromatic rings. The number of benzene rings is 2. The number of nitrogens with one attached hydrogen (secondary N) is 1. The van der Waals surface area contributed by atoms with E-state index in [4.69, 9.17) is 16.3 Å². The Morgan fingerprint density at radius 1 is 1.29 bits per heavy atom. The lowest BCUT2D eigenvalue weighted by Gasteiger charge is -2.25. The van der Waals surface area contributed by atoms with Crippen molar-refractivity contribution in [1.82, 2.24) is 5.32 Å². The molecule has 21 heavy (non-hydrogen) atoms. The van der Waals surface area contributed by atoms with Gasteiger partial charge in [0.1, 0.15) is 5.75 Å². The maximum atomic E-state index is 6.19. The summed E-state index contributed by atoms with van der Waals surface area (Å²) >= 11 is 9.71. The lowest BCUT2D eigenvalue weighted by Crippen LogP contribution is -2.20. The lowest BCUT2D eigenvalue weighted by molar-refractivity contribution is 0.283. The van der Waals surface area contributed by atoms with Crippen LogP contribution in [0.1, 0.15) is 29.2 Å². The second-order valence-electron chi connectivity index (χ2n) is 5.21. The van der Waals surface area contributed by atoms with E-state index in [-0.39, 0.29) is 6.04 Å². The van der Waals surface area contributed by atoms with Crippen LogP contribution in [-0.2, 0) is 6.42 Å². The van der Waals surface area contributed by atoms with Crippen molar-refractivity contribution in [2.45, 2.75) is 18.9 Å². The van der Waals surface area contributed by atoms with Crippen molar-refractivity contribution in [3.05, 3.63) is 62.6 Å². The van der Waals surface area contributed by atoms with E-state index in [0.29, 0.717) is 0 Å². The number of hydrogen-bond acceptors (Lipinski definition) is 2. The zero-order chi connectivity index (χ0) is 14.8. The van der Waals surface area contributed by atoms with Crippen molar-refractivity contribution in [1.29, 1.82) is 0 Å². The summed E-state index contributed by atoms with van der Waals surface area (Å²) in [6.45, 7) is 0.791. The number of ether oxygens (including phenoxy) is 1. The van der Waals surface area contributed by atoms with Gasteiger partial charge in [0.15, 0.2) is 0 Å². The standard InChI is InChI=1S/C17H17BrClNO/c1-20-16(12-8-13(18)10-14(19)9-12)15-6-2-4-11-5-3-7-21-17(11)15/h2,4,6,8-10,16,20H,3,5,7H2,1H3. The second-order valence-corrected chi connectivity index (χ2v) is 6.56. The zero-order valence-electron chi connectivity index (χ0n) is 11.8. The van der Waals surface area contributed by atoms with Crippen molar-refractivity contribution >= 4 is 27.5 Å². The Bertz CT molecular complexity index is 639. The van der Waals surface area contributed by atoms with Crippen LogP contribution in [0.15, 0.2) is 40.9 Å². The van der Waals surface area contributed by atoms with E-state index in [9.17, 15) is 0 Å². The van der Waals surface area contributed by atoms with Gasteiger partial charge in [-0.05, 0) is 49.2 Å². The molecule has 3 rings (SSSR count). The smallest absolute Gasteiger partial charge is 0.127 e. The van der Waals surface area contributed by atoms with Crippen LogP contribution in [0.25, 0.3) is 0 Å². The molecule has 1 atom stereocenters. The van der Waals surface area contributed by atoms with Crippen LogP contribution in [0.3, 0.4) is 0 Å². The topological polar surface area (TPSA) is 21.3 Å². The summed E-state index contributed by atoms with van der Waals surface area (Å²) in [4.78, 5) is 0. The van der Waals surface area contributed by atoms with Crippen LogP contribution in [0.2, 0.25) is 5.02 Å². The Balaban J connectivity index is 2.08. The molecule has 0 bridgehead atoms. The number of hydrogen-bond donors (Lipinski definition) is 1. The Kier molecular flexibility index (Phi) is 4.53. The quantitative estimate of drug-likeness (QED) is 0.847. The van der Waals surface area contributed by atoms with Crippen molar-refractivity contribution in [2.75, 3.05) is 13.7 Å². The van der Waals surface area contributed by atoms with Crippen LogP contribution in [-0.4, -0.2) is 13.7 Å². The first-order valence-electron chi connectivity index (χ1n) is 7.07. The first kappa shape index (κ1) is 14.9. The molecule has 0 amide bonds. The molecule has 110 valence electrons. The zero-order valence-corrected chi connectivity index (χ0v) is 14.2. The molecule has 0 fully saturated rings. The van der Waals surface area contributed by atoms with Gasteiger partial charge < -0.3 is 10.1 Å². The third kappa shape index (κ3) is 3.10. The molecule has 0 saturated heterocycles. The van der Waals surface area contributed by atoms with E-state index in [2.05, 4.69) is 45.5 Å². The van der Waals surface area contributed by atoms with Crippen LogP contribution >= 0.6 is 27.5 Å². The molecule has 1 aliphatic heterocycles. The first-order chi connectivity index (χ1) is 10.2. The molecule has 1 aliphatic rings. The van der Waals surface area contributed by atoms with Gasteiger partial charge in [-0.1, -0.05) is 45.7 Å². The molecule has 0 saturated carbocycles. The van der Waals surface area contributed by atoms with E-state index in [0.717, 1.165) is 40.3 Å². The molecule has 0 radical (unpaired) electrons. The summed E-state index contributed by atoms with van der Waals surface area (Å²) < 4.78 is 6.92. The third-order valence-electron chi connectivity index (χ3n) is 3.78. The predicted octanol–water partition coefficient (Wildman–Crippen LogP) is 4.74. The summed E-state index contributed by atoms with van der Waals surface area (Å²) in [5, 5.41) is 4.11. The van der Waals surface area contributed by atoms with Gasteiger partial charge in [-0.15, -0.1) is 0 Å². The highest BCUT2D eigenvalue weighted by atomic mass is 79.9. The largest absolute Gasteiger partial charge is 0.493 e. The van der Waals surface area contributed by atoms with Gasteiger partial charge in [0.05, 0.1) is 12.6 Å². The van der Waals surface area contributed by atoms with Crippen molar-refractivity contribution < 1.29 is 4.74 Å². The van der Waals surface area contributed by atoms with Gasteiger partial charge in [0.25, 0.3) is 0 Å². The highest BCUT2D eigenvalue weighted by Gasteiger charge is 2.21. The van der Waals surface area contributed by atoms with Gasteiger partial charge in [-0.25, -0.2) is 0 Å². The lowest BCUT2D eigenvalue weighted by atomic mass is 9.94. The van der Waals surface area contributed by atoms with Gasteiger partial charge in [-0.2, -0.15) is 0 Å². The summed E-state index contributed by atoms with van der Waals surface area (Å²) in [6, 6.07) is 12.4. The van der Waals surface area contributed by atoms with Crippen LogP contribution in [0, 0.1) is 0 Å². The fourth-order valence-corrected chi connectivity index (χ4v) is 3.77. The maximum absolute atomic E-state index is 6.19. The fraction of sp³-hybridized carbons (Fsp3) is 0.294. The summed E-state index contributed by atoms with van der Waals surface area (Å²) in [5.74, 6) is 1.03. The molecule has 0 aromatic heterocycles. The first-order valence-corrected chi connectivity index (χ1v) is 8.24. The van der Waals surface area contributed by atoms with Gasteiger partial charge >= 0.3 is 0 Å². The highest BCUT2D eigenvalue weighted by molar-refractivity contribution is 9.10.